The Balaban J connectivity index is 2.52. The van der Waals surface area contributed by atoms with Crippen molar-refractivity contribution in [3.05, 3.63) is 58.7 Å². The number of alkyl halides is 1. The molecule has 1 radical (unpaired) electrons. The van der Waals surface area contributed by atoms with Crippen molar-refractivity contribution in [2.24, 2.45) is 0 Å². The zero-order valence-electron chi connectivity index (χ0n) is 12.0. The molecule has 2 rings (SSSR count). The van der Waals surface area contributed by atoms with Gasteiger partial charge in [-0.15, -0.1) is 11.6 Å². The number of hydrogen-bond acceptors (Lipinski definition) is 0. The van der Waals surface area contributed by atoms with Crippen molar-refractivity contribution in [2.75, 3.05) is 5.50 Å². The third-order valence-corrected chi connectivity index (χ3v) is 6.67. The van der Waals surface area contributed by atoms with Crippen LogP contribution >= 0.6 is 11.6 Å². The average Bonchev–Trinajstić information content (AvgIpc) is 2.33. The second-order valence-electron chi connectivity index (χ2n) is 5.31. The fraction of sp³-hybridized carbons (Fsp3) is 0.294. The Morgan fingerprint density at radius 1 is 0.842 bits per heavy atom. The third kappa shape index (κ3) is 3.29. The number of hydrogen-bond donors (Lipinski definition) is 0. The highest BCUT2D eigenvalue weighted by molar-refractivity contribution is 6.89. The molecule has 0 aliphatic rings. The van der Waals surface area contributed by atoms with Crippen LogP contribution < -0.4 is 10.4 Å². The van der Waals surface area contributed by atoms with Crippen molar-refractivity contribution in [1.29, 1.82) is 0 Å². The zero-order chi connectivity index (χ0) is 14.0. The van der Waals surface area contributed by atoms with Crippen LogP contribution in [0.5, 0.6) is 0 Å². The Bertz CT molecular complexity index is 570. The van der Waals surface area contributed by atoms with E-state index in [-0.39, 0.29) is 0 Å². The van der Waals surface area contributed by atoms with E-state index in [1.54, 1.807) is 0 Å². The maximum Gasteiger partial charge on any atom is 0.136 e. The lowest BCUT2D eigenvalue weighted by Gasteiger charge is -2.17. The summed E-state index contributed by atoms with van der Waals surface area (Å²) in [5, 5.41) is 2.87. The summed E-state index contributed by atoms with van der Waals surface area (Å²) in [5.41, 5.74) is 6.05. The molecule has 0 aromatic heterocycles. The van der Waals surface area contributed by atoms with Gasteiger partial charge in [-0.3, -0.25) is 0 Å². The van der Waals surface area contributed by atoms with Gasteiger partial charge in [-0.25, -0.2) is 0 Å². The Morgan fingerprint density at radius 3 is 2.05 bits per heavy atom. The number of rotatable bonds is 3. The van der Waals surface area contributed by atoms with Crippen LogP contribution in [0, 0.1) is 27.7 Å². The van der Waals surface area contributed by atoms with Gasteiger partial charge in [-0.1, -0.05) is 69.0 Å². The average molecular weight is 288 g/mol. The van der Waals surface area contributed by atoms with E-state index in [0.717, 1.165) is 5.50 Å². The molecule has 0 bridgehead atoms. The van der Waals surface area contributed by atoms with Crippen LogP contribution in [-0.2, 0) is 0 Å². The Hall–Kier alpha value is -1.05. The quantitative estimate of drug-likeness (QED) is 0.600. The van der Waals surface area contributed by atoms with Crippen molar-refractivity contribution >= 4 is 30.8 Å². The molecule has 2 aromatic rings. The van der Waals surface area contributed by atoms with Crippen LogP contribution in [0.4, 0.5) is 0 Å². The molecule has 0 heterocycles. The molecule has 0 aliphatic heterocycles. The molecule has 2 heteroatoms. The standard InChI is InChI=1S/C17H20ClSi/c1-12-5-6-15(4)17(10-12)19(11-18)16-8-13(2)7-14(3)9-16/h5-10H,11H2,1-4H3. The molecule has 0 aliphatic carbocycles. The lowest BCUT2D eigenvalue weighted by molar-refractivity contribution is 1.40. The zero-order valence-corrected chi connectivity index (χ0v) is 13.8. The molecule has 0 saturated carbocycles. The van der Waals surface area contributed by atoms with Gasteiger partial charge in [0, 0.05) is 5.50 Å². The summed E-state index contributed by atoms with van der Waals surface area (Å²) in [7, 11) is -0.870. The van der Waals surface area contributed by atoms with Crippen LogP contribution in [-0.4, -0.2) is 14.3 Å². The lowest BCUT2D eigenvalue weighted by atomic mass is 10.2. The molecule has 0 saturated heterocycles. The van der Waals surface area contributed by atoms with Crippen molar-refractivity contribution in [3.8, 4) is 0 Å². The van der Waals surface area contributed by atoms with Gasteiger partial charge < -0.3 is 0 Å². The summed E-state index contributed by atoms with van der Waals surface area (Å²) in [6.07, 6.45) is 0. The molecule has 2 aromatic carbocycles. The Labute approximate surface area is 123 Å². The maximum atomic E-state index is 6.31. The molecule has 0 spiro atoms. The van der Waals surface area contributed by atoms with E-state index in [9.17, 15) is 0 Å². The van der Waals surface area contributed by atoms with Crippen molar-refractivity contribution in [1.82, 2.24) is 0 Å². The highest BCUT2D eigenvalue weighted by Crippen LogP contribution is 2.06. The number of halogens is 1. The SMILES string of the molecule is Cc1cc(C)cc([Si](CCl)c2cc(C)ccc2C)c1. The van der Waals surface area contributed by atoms with Crippen LogP contribution in [0.1, 0.15) is 22.3 Å². The van der Waals surface area contributed by atoms with Crippen molar-refractivity contribution in [2.45, 2.75) is 27.7 Å². The summed E-state index contributed by atoms with van der Waals surface area (Å²) >= 11 is 6.31. The summed E-state index contributed by atoms with van der Waals surface area (Å²) < 4.78 is 0. The van der Waals surface area contributed by atoms with Gasteiger partial charge in [0.25, 0.3) is 0 Å². The smallest absolute Gasteiger partial charge is 0.130 e. The molecular formula is C17H20ClSi. The van der Waals surface area contributed by atoms with Crippen molar-refractivity contribution < 1.29 is 0 Å². The van der Waals surface area contributed by atoms with E-state index in [2.05, 4.69) is 64.1 Å². The Kier molecular flexibility index (Phi) is 4.49. The summed E-state index contributed by atoms with van der Waals surface area (Å²) in [4.78, 5) is 0. The predicted molar refractivity (Wildman–Crippen MR) is 87.6 cm³/mol. The number of aryl methyl sites for hydroxylation is 4. The van der Waals surface area contributed by atoms with Gasteiger partial charge in [0.15, 0.2) is 0 Å². The van der Waals surface area contributed by atoms with Crippen LogP contribution in [0.2, 0.25) is 0 Å². The van der Waals surface area contributed by atoms with Crippen LogP contribution in [0.3, 0.4) is 0 Å². The van der Waals surface area contributed by atoms with Gasteiger partial charge in [0.05, 0.1) is 0 Å². The first kappa shape index (κ1) is 14.4. The Morgan fingerprint density at radius 2 is 1.47 bits per heavy atom. The minimum absolute atomic E-state index is 0.720. The molecular weight excluding hydrogens is 268 g/mol. The van der Waals surface area contributed by atoms with E-state index in [1.165, 1.54) is 32.6 Å². The summed E-state index contributed by atoms with van der Waals surface area (Å²) in [6, 6.07) is 13.5. The van der Waals surface area contributed by atoms with Crippen molar-refractivity contribution in [3.63, 3.8) is 0 Å². The van der Waals surface area contributed by atoms with E-state index in [4.69, 9.17) is 11.6 Å². The predicted octanol–water partition coefficient (Wildman–Crippen LogP) is 3.31. The molecule has 0 fully saturated rings. The second-order valence-corrected chi connectivity index (χ2v) is 8.45. The minimum atomic E-state index is -0.870. The second kappa shape index (κ2) is 5.94. The third-order valence-electron chi connectivity index (χ3n) is 3.42. The highest BCUT2D eigenvalue weighted by Gasteiger charge is 2.18. The summed E-state index contributed by atoms with van der Waals surface area (Å²) in [5.74, 6) is 0. The topological polar surface area (TPSA) is 0 Å². The van der Waals surface area contributed by atoms with Gasteiger partial charge in [0.2, 0.25) is 0 Å². The lowest BCUT2D eigenvalue weighted by Crippen LogP contribution is -2.45. The first-order valence-corrected chi connectivity index (χ1v) is 8.83. The molecule has 19 heavy (non-hydrogen) atoms. The largest absolute Gasteiger partial charge is 0.136 e. The number of benzene rings is 2. The van der Waals surface area contributed by atoms with Crippen LogP contribution in [0.25, 0.3) is 0 Å². The molecule has 0 N–H and O–H groups in total. The minimum Gasteiger partial charge on any atom is -0.130 e. The van der Waals surface area contributed by atoms with E-state index in [1.807, 2.05) is 0 Å². The monoisotopic (exact) mass is 287 g/mol. The van der Waals surface area contributed by atoms with Gasteiger partial charge in [-0.05, 0) is 27.7 Å². The van der Waals surface area contributed by atoms with Gasteiger partial charge in [-0.2, -0.15) is 0 Å². The van der Waals surface area contributed by atoms with E-state index in [0.29, 0.717) is 0 Å². The first-order chi connectivity index (χ1) is 9.01. The molecule has 0 atom stereocenters. The fourth-order valence-electron chi connectivity index (χ4n) is 2.51. The highest BCUT2D eigenvalue weighted by atomic mass is 35.5. The van der Waals surface area contributed by atoms with Gasteiger partial charge in [0.1, 0.15) is 8.80 Å². The summed E-state index contributed by atoms with van der Waals surface area (Å²) in [6.45, 7) is 8.66. The molecule has 99 valence electrons. The van der Waals surface area contributed by atoms with E-state index < -0.39 is 8.80 Å². The van der Waals surface area contributed by atoms with E-state index >= 15 is 0 Å². The maximum absolute atomic E-state index is 6.31. The van der Waals surface area contributed by atoms with Crippen LogP contribution in [0.15, 0.2) is 36.4 Å². The molecule has 0 amide bonds. The molecule has 0 nitrogen and oxygen atoms in total. The van der Waals surface area contributed by atoms with Gasteiger partial charge >= 0.3 is 0 Å². The normalized spacial score (nSPS) is 11.1. The first-order valence-electron chi connectivity index (χ1n) is 6.59. The fourth-order valence-corrected chi connectivity index (χ4v) is 5.78. The molecule has 0 unspecified atom stereocenters.